The van der Waals surface area contributed by atoms with E-state index < -0.39 is 0 Å². The molecule has 0 fully saturated rings. The fraction of sp³-hybridized carbons (Fsp3) is 0.412. The summed E-state index contributed by atoms with van der Waals surface area (Å²) in [4.78, 5) is 0. The first kappa shape index (κ1) is 14.0. The molecule has 0 amide bonds. The fourth-order valence-electron chi connectivity index (χ4n) is 2.67. The molecule has 2 rings (SSSR count). The second-order valence-electron chi connectivity index (χ2n) is 5.47. The van der Waals surface area contributed by atoms with Gasteiger partial charge in [0.1, 0.15) is 0 Å². The lowest BCUT2D eigenvalue weighted by Crippen LogP contribution is -2.31. The van der Waals surface area contributed by atoms with Gasteiger partial charge in [-0.1, -0.05) is 56.3 Å². The Morgan fingerprint density at radius 2 is 1.74 bits per heavy atom. The van der Waals surface area contributed by atoms with Crippen molar-refractivity contribution < 1.29 is 5.11 Å². The van der Waals surface area contributed by atoms with Crippen molar-refractivity contribution in [2.24, 2.45) is 5.92 Å². The minimum absolute atomic E-state index is 0.121. The van der Waals surface area contributed by atoms with Crippen molar-refractivity contribution in [2.45, 2.75) is 25.9 Å². The number of likely N-dealkylation sites (N-methyl/N-ethyl adjacent to an activating group) is 1. The SMILES string of the molecule is CNCC(c1cccc2ccccc12)C(O)C(C)C. The van der Waals surface area contributed by atoms with E-state index in [0.29, 0.717) is 0 Å². The molecule has 2 heteroatoms. The van der Waals surface area contributed by atoms with E-state index in [9.17, 15) is 5.11 Å². The van der Waals surface area contributed by atoms with E-state index in [1.165, 1.54) is 16.3 Å². The molecule has 0 spiro atoms. The van der Waals surface area contributed by atoms with Gasteiger partial charge in [0, 0.05) is 12.5 Å². The smallest absolute Gasteiger partial charge is 0.0644 e. The van der Waals surface area contributed by atoms with Crippen LogP contribution in [-0.2, 0) is 0 Å². The predicted octanol–water partition coefficient (Wildman–Crippen LogP) is 3.16. The summed E-state index contributed by atoms with van der Waals surface area (Å²) in [6.45, 7) is 4.92. The van der Waals surface area contributed by atoms with Crippen molar-refractivity contribution in [3.8, 4) is 0 Å². The average molecular weight is 257 g/mol. The largest absolute Gasteiger partial charge is 0.392 e. The summed E-state index contributed by atoms with van der Waals surface area (Å²) in [6.07, 6.45) is -0.335. The summed E-state index contributed by atoms with van der Waals surface area (Å²) >= 11 is 0. The maximum atomic E-state index is 10.5. The molecule has 0 radical (unpaired) electrons. The Labute approximate surface area is 115 Å². The van der Waals surface area contributed by atoms with Crippen molar-refractivity contribution in [2.75, 3.05) is 13.6 Å². The van der Waals surface area contributed by atoms with Crippen LogP contribution >= 0.6 is 0 Å². The number of hydrogen-bond donors (Lipinski definition) is 2. The van der Waals surface area contributed by atoms with Crippen LogP contribution in [0.1, 0.15) is 25.3 Å². The number of rotatable bonds is 5. The Morgan fingerprint density at radius 3 is 2.42 bits per heavy atom. The summed E-state index contributed by atoms with van der Waals surface area (Å²) in [7, 11) is 1.94. The molecular weight excluding hydrogens is 234 g/mol. The summed E-state index contributed by atoms with van der Waals surface area (Å²) in [5, 5.41) is 16.2. The van der Waals surface area contributed by atoms with Crippen molar-refractivity contribution in [1.29, 1.82) is 0 Å². The predicted molar refractivity (Wildman–Crippen MR) is 81.5 cm³/mol. The molecule has 0 saturated heterocycles. The molecule has 2 unspecified atom stereocenters. The highest BCUT2D eigenvalue weighted by atomic mass is 16.3. The molecule has 2 aromatic carbocycles. The zero-order chi connectivity index (χ0) is 13.8. The molecule has 0 aliphatic carbocycles. The van der Waals surface area contributed by atoms with Crippen molar-refractivity contribution >= 4 is 10.8 Å². The van der Waals surface area contributed by atoms with Crippen LogP contribution in [0.15, 0.2) is 42.5 Å². The lowest BCUT2D eigenvalue weighted by molar-refractivity contribution is 0.0965. The molecular formula is C17H23NO. The zero-order valence-corrected chi connectivity index (χ0v) is 11.9. The van der Waals surface area contributed by atoms with Gasteiger partial charge in [0.2, 0.25) is 0 Å². The highest BCUT2D eigenvalue weighted by Gasteiger charge is 2.24. The summed E-state index contributed by atoms with van der Waals surface area (Å²) < 4.78 is 0. The number of aliphatic hydroxyl groups is 1. The highest BCUT2D eigenvalue weighted by Crippen LogP contribution is 2.30. The Balaban J connectivity index is 2.49. The zero-order valence-electron chi connectivity index (χ0n) is 11.9. The summed E-state index contributed by atoms with van der Waals surface area (Å²) in [5.41, 5.74) is 1.23. The number of aliphatic hydroxyl groups excluding tert-OH is 1. The molecule has 0 aromatic heterocycles. The third-order valence-corrected chi connectivity index (χ3v) is 3.74. The van der Waals surface area contributed by atoms with Crippen LogP contribution in [-0.4, -0.2) is 24.8 Å². The molecule has 0 aliphatic rings. The Kier molecular flexibility index (Phi) is 4.56. The third-order valence-electron chi connectivity index (χ3n) is 3.74. The first-order valence-corrected chi connectivity index (χ1v) is 6.95. The lowest BCUT2D eigenvalue weighted by atomic mass is 9.84. The molecule has 2 N–H and O–H groups in total. The molecule has 2 atom stereocenters. The van der Waals surface area contributed by atoms with Crippen LogP contribution in [0.4, 0.5) is 0 Å². The molecule has 0 heterocycles. The Bertz CT molecular complexity index is 530. The topological polar surface area (TPSA) is 32.3 Å². The quantitative estimate of drug-likeness (QED) is 0.862. The van der Waals surface area contributed by atoms with Gasteiger partial charge in [-0.25, -0.2) is 0 Å². The van der Waals surface area contributed by atoms with Crippen LogP contribution in [0.2, 0.25) is 0 Å². The first-order valence-electron chi connectivity index (χ1n) is 6.95. The maximum Gasteiger partial charge on any atom is 0.0644 e. The van der Waals surface area contributed by atoms with E-state index in [-0.39, 0.29) is 17.9 Å². The highest BCUT2D eigenvalue weighted by molar-refractivity contribution is 5.86. The fourth-order valence-corrected chi connectivity index (χ4v) is 2.67. The number of fused-ring (bicyclic) bond motifs is 1. The molecule has 0 aliphatic heterocycles. The van der Waals surface area contributed by atoms with Gasteiger partial charge in [0.05, 0.1) is 6.10 Å². The van der Waals surface area contributed by atoms with Gasteiger partial charge in [0.25, 0.3) is 0 Å². The lowest BCUT2D eigenvalue weighted by Gasteiger charge is -2.27. The van der Waals surface area contributed by atoms with Crippen LogP contribution in [0.25, 0.3) is 10.8 Å². The van der Waals surface area contributed by atoms with E-state index in [0.717, 1.165) is 6.54 Å². The minimum Gasteiger partial charge on any atom is -0.392 e. The standard InChI is InChI=1S/C17H23NO/c1-12(2)17(19)16(11-18-3)15-10-6-8-13-7-4-5-9-14(13)15/h4-10,12,16-19H,11H2,1-3H3. The van der Waals surface area contributed by atoms with Crippen molar-refractivity contribution in [1.82, 2.24) is 5.32 Å². The number of hydrogen-bond acceptors (Lipinski definition) is 2. The molecule has 0 saturated carbocycles. The van der Waals surface area contributed by atoms with Crippen LogP contribution < -0.4 is 5.32 Å². The maximum absolute atomic E-state index is 10.5. The Hall–Kier alpha value is -1.38. The van der Waals surface area contributed by atoms with Gasteiger partial charge in [-0.2, -0.15) is 0 Å². The van der Waals surface area contributed by atoms with E-state index >= 15 is 0 Å². The van der Waals surface area contributed by atoms with E-state index in [1.54, 1.807) is 0 Å². The van der Waals surface area contributed by atoms with E-state index in [1.807, 2.05) is 7.05 Å². The van der Waals surface area contributed by atoms with Gasteiger partial charge >= 0.3 is 0 Å². The van der Waals surface area contributed by atoms with E-state index in [4.69, 9.17) is 0 Å². The number of nitrogens with one attached hydrogen (secondary N) is 1. The minimum atomic E-state index is -0.335. The summed E-state index contributed by atoms with van der Waals surface area (Å²) in [5.74, 6) is 0.369. The van der Waals surface area contributed by atoms with Gasteiger partial charge in [0.15, 0.2) is 0 Å². The van der Waals surface area contributed by atoms with E-state index in [2.05, 4.69) is 61.6 Å². The van der Waals surface area contributed by atoms with Crippen molar-refractivity contribution in [3.63, 3.8) is 0 Å². The number of benzene rings is 2. The van der Waals surface area contributed by atoms with Gasteiger partial charge in [-0.3, -0.25) is 0 Å². The van der Waals surface area contributed by atoms with Crippen LogP contribution in [0.3, 0.4) is 0 Å². The molecule has 102 valence electrons. The first-order chi connectivity index (χ1) is 9.15. The van der Waals surface area contributed by atoms with Gasteiger partial charge in [-0.15, -0.1) is 0 Å². The van der Waals surface area contributed by atoms with Gasteiger partial charge in [-0.05, 0) is 29.3 Å². The monoisotopic (exact) mass is 257 g/mol. The average Bonchev–Trinajstić information content (AvgIpc) is 2.43. The molecule has 2 nitrogen and oxygen atoms in total. The van der Waals surface area contributed by atoms with Gasteiger partial charge < -0.3 is 10.4 Å². The second kappa shape index (κ2) is 6.18. The third kappa shape index (κ3) is 2.96. The normalized spacial score (nSPS) is 14.8. The molecule has 0 bridgehead atoms. The summed E-state index contributed by atoms with van der Waals surface area (Å²) in [6, 6.07) is 14.7. The van der Waals surface area contributed by atoms with Crippen LogP contribution in [0.5, 0.6) is 0 Å². The molecule has 19 heavy (non-hydrogen) atoms. The van der Waals surface area contributed by atoms with Crippen molar-refractivity contribution in [3.05, 3.63) is 48.0 Å². The van der Waals surface area contributed by atoms with Crippen LogP contribution in [0, 0.1) is 5.92 Å². The Morgan fingerprint density at radius 1 is 1.05 bits per heavy atom. The molecule has 2 aromatic rings. The second-order valence-corrected chi connectivity index (χ2v) is 5.47.